The first-order chi connectivity index (χ1) is 5.58. The maximum absolute atomic E-state index is 12.1. The van der Waals surface area contributed by atoms with Crippen LogP contribution in [0.1, 0.15) is 6.92 Å². The number of alkyl halides is 5. The molecule has 0 fully saturated rings. The van der Waals surface area contributed by atoms with Crippen molar-refractivity contribution in [2.75, 3.05) is 0 Å². The van der Waals surface area contributed by atoms with Gasteiger partial charge < -0.3 is 5.11 Å². The van der Waals surface area contributed by atoms with Gasteiger partial charge in [-0.1, -0.05) is 11.8 Å². The van der Waals surface area contributed by atoms with Crippen molar-refractivity contribution in [3.05, 3.63) is 0 Å². The largest absolute Gasteiger partial charge is 0.480 e. The lowest BCUT2D eigenvalue weighted by Crippen LogP contribution is -2.35. The molecule has 0 rings (SSSR count). The van der Waals surface area contributed by atoms with E-state index in [1.807, 2.05) is 0 Å². The second kappa shape index (κ2) is 3.69. The second-order valence-corrected chi connectivity index (χ2v) is 3.57. The fraction of sp³-hybridized carbons (Fsp3) is 0.800. The molecule has 13 heavy (non-hydrogen) atoms. The molecule has 0 saturated heterocycles. The molecule has 0 unspecified atom stereocenters. The summed E-state index contributed by atoms with van der Waals surface area (Å²) in [6.07, 6.45) is -5.72. The maximum Gasteiger partial charge on any atom is 0.464 e. The molecule has 1 atom stereocenters. The molecule has 0 aliphatic heterocycles. The molecule has 0 spiro atoms. The van der Waals surface area contributed by atoms with Gasteiger partial charge in [0.25, 0.3) is 0 Å². The van der Waals surface area contributed by atoms with Gasteiger partial charge in [-0.05, 0) is 6.92 Å². The number of rotatable bonds is 3. The van der Waals surface area contributed by atoms with Crippen molar-refractivity contribution in [1.82, 2.24) is 0 Å². The zero-order valence-electron chi connectivity index (χ0n) is 6.23. The predicted octanol–water partition coefficient (Wildman–Crippen LogP) is 2.35. The lowest BCUT2D eigenvalue weighted by molar-refractivity contribution is -0.237. The molecule has 0 aromatic heterocycles. The first kappa shape index (κ1) is 12.5. The third-order valence-corrected chi connectivity index (χ3v) is 2.09. The smallest absolute Gasteiger partial charge is 0.464 e. The highest BCUT2D eigenvalue weighted by Gasteiger charge is 2.59. The summed E-state index contributed by atoms with van der Waals surface area (Å²) in [5, 5.41) is 1.26. The molecular weight excluding hydrogens is 219 g/mol. The van der Waals surface area contributed by atoms with Gasteiger partial charge in [0.2, 0.25) is 0 Å². The summed E-state index contributed by atoms with van der Waals surface area (Å²) in [5.74, 6) is -1.71. The van der Waals surface area contributed by atoms with Crippen LogP contribution in [0.15, 0.2) is 0 Å². The Bertz CT molecular complexity index is 202. The maximum atomic E-state index is 12.1. The van der Waals surface area contributed by atoms with Crippen LogP contribution in [0.25, 0.3) is 0 Å². The average Bonchev–Trinajstić information content (AvgIpc) is 1.83. The molecule has 0 aliphatic rings. The van der Waals surface area contributed by atoms with E-state index in [4.69, 9.17) is 5.11 Å². The Morgan fingerprint density at radius 1 is 1.31 bits per heavy atom. The van der Waals surface area contributed by atoms with Crippen molar-refractivity contribution in [1.29, 1.82) is 0 Å². The molecule has 0 saturated carbocycles. The number of hydrogen-bond donors (Lipinski definition) is 1. The van der Waals surface area contributed by atoms with Gasteiger partial charge in [-0.15, -0.1) is 0 Å². The summed E-state index contributed by atoms with van der Waals surface area (Å²) in [6.45, 7) is 0.757. The first-order valence-electron chi connectivity index (χ1n) is 2.93. The lowest BCUT2D eigenvalue weighted by atomic mass is 10.5. The van der Waals surface area contributed by atoms with E-state index in [-0.39, 0.29) is 0 Å². The van der Waals surface area contributed by atoms with E-state index in [0.717, 1.165) is 6.92 Å². The zero-order chi connectivity index (χ0) is 10.9. The number of hydrogen-bond acceptors (Lipinski definition) is 2. The average molecular weight is 224 g/mol. The molecule has 0 aromatic carbocycles. The Morgan fingerprint density at radius 2 is 1.69 bits per heavy atom. The van der Waals surface area contributed by atoms with E-state index >= 15 is 0 Å². The number of aliphatic carboxylic acids is 1. The van der Waals surface area contributed by atoms with Gasteiger partial charge in [0.15, 0.2) is 0 Å². The minimum Gasteiger partial charge on any atom is -0.480 e. The minimum absolute atomic E-state index is 0.757. The molecule has 0 heterocycles. The quantitative estimate of drug-likeness (QED) is 0.747. The van der Waals surface area contributed by atoms with Crippen molar-refractivity contribution < 1.29 is 31.9 Å². The Hall–Kier alpha value is -0.530. The van der Waals surface area contributed by atoms with Crippen LogP contribution in [0, 0.1) is 0 Å². The third kappa shape index (κ3) is 3.37. The fourth-order valence-corrected chi connectivity index (χ4v) is 1.02. The molecule has 1 N–H and O–H groups in total. The van der Waals surface area contributed by atoms with E-state index < -0.39 is 34.4 Å². The number of halogens is 5. The van der Waals surface area contributed by atoms with E-state index in [2.05, 4.69) is 0 Å². The highest BCUT2D eigenvalue weighted by molar-refractivity contribution is 8.01. The van der Waals surface area contributed by atoms with Gasteiger partial charge in [0.1, 0.15) is 5.25 Å². The molecule has 8 heteroatoms. The van der Waals surface area contributed by atoms with E-state index in [9.17, 15) is 26.7 Å². The summed E-state index contributed by atoms with van der Waals surface area (Å²) < 4.78 is 58.7. The predicted molar refractivity (Wildman–Crippen MR) is 35.7 cm³/mol. The highest BCUT2D eigenvalue weighted by Crippen LogP contribution is 2.45. The zero-order valence-corrected chi connectivity index (χ0v) is 7.05. The summed E-state index contributed by atoms with van der Waals surface area (Å²) >= 11 is -0.941. The van der Waals surface area contributed by atoms with Crippen LogP contribution >= 0.6 is 11.8 Å². The van der Waals surface area contributed by atoms with Crippen molar-refractivity contribution in [2.45, 2.75) is 23.6 Å². The van der Waals surface area contributed by atoms with Gasteiger partial charge in [-0.25, -0.2) is 0 Å². The van der Waals surface area contributed by atoms with Crippen LogP contribution in [0.4, 0.5) is 22.0 Å². The summed E-state index contributed by atoms with van der Waals surface area (Å²) in [5.41, 5.74) is 0. The van der Waals surface area contributed by atoms with Crippen molar-refractivity contribution >= 4 is 17.7 Å². The second-order valence-electron chi connectivity index (χ2n) is 2.11. The standard InChI is InChI=1S/C5H5F5O2S/c1-2(3(11)12)13-5(9,10)4(6,7)8/h2H,1H3,(H,11,12)/t2-/m1/s1. The van der Waals surface area contributed by atoms with Gasteiger partial charge in [-0.2, -0.15) is 22.0 Å². The highest BCUT2D eigenvalue weighted by atomic mass is 32.2. The van der Waals surface area contributed by atoms with Crippen LogP contribution in [-0.4, -0.2) is 27.8 Å². The molecule has 0 aromatic rings. The Kier molecular flexibility index (Phi) is 3.54. The Morgan fingerprint density at radius 3 is 1.92 bits per heavy atom. The molecular formula is C5H5F5O2S. The normalized spacial score (nSPS) is 15.5. The third-order valence-electron chi connectivity index (χ3n) is 1.00. The van der Waals surface area contributed by atoms with Crippen LogP contribution in [0.2, 0.25) is 0 Å². The van der Waals surface area contributed by atoms with E-state index in [1.165, 1.54) is 0 Å². The van der Waals surface area contributed by atoms with Crippen LogP contribution in [0.3, 0.4) is 0 Å². The SMILES string of the molecule is C[C@@H](SC(F)(F)C(F)(F)F)C(=O)O. The van der Waals surface area contributed by atoms with Crippen molar-refractivity contribution in [2.24, 2.45) is 0 Å². The summed E-state index contributed by atoms with van der Waals surface area (Å²) in [6, 6.07) is 0. The van der Waals surface area contributed by atoms with Crippen LogP contribution in [-0.2, 0) is 4.79 Å². The topological polar surface area (TPSA) is 37.3 Å². The number of thioether (sulfide) groups is 1. The Labute approximate surface area is 74.1 Å². The summed E-state index contributed by atoms with van der Waals surface area (Å²) in [7, 11) is 0. The molecule has 78 valence electrons. The van der Waals surface area contributed by atoms with Crippen molar-refractivity contribution in [3.8, 4) is 0 Å². The fourth-order valence-electron chi connectivity index (χ4n) is 0.339. The molecule has 0 bridgehead atoms. The van der Waals surface area contributed by atoms with Crippen LogP contribution < -0.4 is 0 Å². The lowest BCUT2D eigenvalue weighted by Gasteiger charge is -2.20. The monoisotopic (exact) mass is 224 g/mol. The number of carboxylic acids is 1. The van der Waals surface area contributed by atoms with Gasteiger partial charge in [0, 0.05) is 0 Å². The molecule has 0 amide bonds. The number of carboxylic acid groups (broad SMARTS) is 1. The first-order valence-corrected chi connectivity index (χ1v) is 3.81. The Balaban J connectivity index is 4.43. The minimum atomic E-state index is -5.72. The van der Waals surface area contributed by atoms with Crippen molar-refractivity contribution in [3.63, 3.8) is 0 Å². The van der Waals surface area contributed by atoms with Gasteiger partial charge in [0.05, 0.1) is 0 Å². The number of carbonyl (C=O) groups is 1. The van der Waals surface area contributed by atoms with Crippen LogP contribution in [0.5, 0.6) is 0 Å². The molecule has 0 radical (unpaired) electrons. The summed E-state index contributed by atoms with van der Waals surface area (Å²) in [4.78, 5) is 9.98. The van der Waals surface area contributed by atoms with Gasteiger partial charge >= 0.3 is 17.4 Å². The van der Waals surface area contributed by atoms with E-state index in [1.54, 1.807) is 0 Å². The van der Waals surface area contributed by atoms with Gasteiger partial charge in [-0.3, -0.25) is 4.79 Å². The molecule has 2 nitrogen and oxygen atoms in total. The van der Waals surface area contributed by atoms with E-state index in [0.29, 0.717) is 0 Å². The molecule has 0 aliphatic carbocycles.